The van der Waals surface area contributed by atoms with E-state index in [1.165, 1.54) is 28.1 Å². The molecule has 6 nitrogen and oxygen atoms in total. The van der Waals surface area contributed by atoms with Gasteiger partial charge in [0.05, 0.1) is 33.6 Å². The summed E-state index contributed by atoms with van der Waals surface area (Å²) < 4.78 is 78.6. The molecular weight excluding hydrogens is 476 g/mol. The van der Waals surface area contributed by atoms with Crippen molar-refractivity contribution >= 4 is 23.3 Å². The zero-order valence-corrected chi connectivity index (χ0v) is 17.6. The molecule has 4 rings (SSSR count). The number of rotatable bonds is 2. The molecule has 1 atom stereocenters. The lowest BCUT2D eigenvalue weighted by atomic mass is 10.0. The van der Waals surface area contributed by atoms with Crippen LogP contribution in [0.1, 0.15) is 35.0 Å². The highest BCUT2D eigenvalue weighted by molar-refractivity contribution is 6.34. The summed E-state index contributed by atoms with van der Waals surface area (Å²) >= 11 is 5.91. The van der Waals surface area contributed by atoms with Crippen molar-refractivity contribution in [2.24, 2.45) is 0 Å². The molecule has 2 N–H and O–H groups in total. The molecule has 2 aliphatic rings. The summed E-state index contributed by atoms with van der Waals surface area (Å²) in [4.78, 5) is 18.1. The molecule has 176 valence electrons. The monoisotopic (exact) mass is 491 g/mol. The van der Waals surface area contributed by atoms with E-state index in [1.54, 1.807) is 6.92 Å². The SMILES string of the molecule is CC1C2=C(CCN1C(=O)c1cccc(C(F)(F)F)c1Cl)N(c1cccc(C(F)(F)F)n1)NN2. The second-order valence-corrected chi connectivity index (χ2v) is 7.78. The van der Waals surface area contributed by atoms with Gasteiger partial charge in [-0.25, -0.2) is 9.99 Å². The van der Waals surface area contributed by atoms with Crippen molar-refractivity contribution in [1.29, 1.82) is 0 Å². The van der Waals surface area contributed by atoms with Crippen LogP contribution in [0.15, 0.2) is 47.8 Å². The van der Waals surface area contributed by atoms with Crippen LogP contribution in [-0.4, -0.2) is 28.4 Å². The molecule has 3 heterocycles. The number of benzene rings is 1. The van der Waals surface area contributed by atoms with E-state index in [1.807, 2.05) is 0 Å². The van der Waals surface area contributed by atoms with Crippen LogP contribution in [0.4, 0.5) is 32.2 Å². The van der Waals surface area contributed by atoms with Crippen molar-refractivity contribution in [2.45, 2.75) is 31.7 Å². The number of hydrazine groups is 2. The molecule has 0 radical (unpaired) electrons. The lowest BCUT2D eigenvalue weighted by Gasteiger charge is -2.35. The van der Waals surface area contributed by atoms with Crippen LogP contribution in [-0.2, 0) is 12.4 Å². The number of hydrogen-bond acceptors (Lipinski definition) is 5. The Balaban J connectivity index is 1.62. The molecule has 2 aliphatic heterocycles. The minimum atomic E-state index is -4.72. The Morgan fingerprint density at radius 2 is 1.79 bits per heavy atom. The molecule has 1 aromatic carbocycles. The van der Waals surface area contributed by atoms with E-state index in [0.717, 1.165) is 18.2 Å². The highest BCUT2D eigenvalue weighted by Gasteiger charge is 2.40. The van der Waals surface area contributed by atoms with Crippen LogP contribution in [0.3, 0.4) is 0 Å². The lowest BCUT2D eigenvalue weighted by molar-refractivity contribution is -0.141. The maximum atomic E-state index is 13.2. The standard InChI is InChI=1S/C20H16ClF6N5O/c1-10-17-13(32(30-29-17)15-7-3-6-14(28-15)20(25,26)27)8-9-31(10)18(33)11-4-2-5-12(16(11)21)19(22,23)24/h2-7,10,29-30H,8-9H2,1H3. The van der Waals surface area contributed by atoms with Gasteiger partial charge >= 0.3 is 12.4 Å². The summed E-state index contributed by atoms with van der Waals surface area (Å²) in [6.07, 6.45) is -9.13. The fourth-order valence-corrected chi connectivity index (χ4v) is 4.11. The van der Waals surface area contributed by atoms with Crippen LogP contribution in [0.2, 0.25) is 5.02 Å². The van der Waals surface area contributed by atoms with E-state index in [4.69, 9.17) is 11.6 Å². The summed E-state index contributed by atoms with van der Waals surface area (Å²) in [5, 5.41) is 0.662. The molecule has 0 saturated carbocycles. The van der Waals surface area contributed by atoms with Gasteiger partial charge in [0.2, 0.25) is 0 Å². The van der Waals surface area contributed by atoms with E-state index in [-0.39, 0.29) is 24.3 Å². The topological polar surface area (TPSA) is 60.5 Å². The first-order valence-electron chi connectivity index (χ1n) is 9.65. The van der Waals surface area contributed by atoms with Crippen LogP contribution in [0, 0.1) is 0 Å². The summed E-state index contributed by atoms with van der Waals surface area (Å²) in [5.41, 5.74) is 4.15. The summed E-state index contributed by atoms with van der Waals surface area (Å²) in [5.74, 6) is -0.696. The minimum absolute atomic E-state index is 0.00442. The number of aromatic nitrogens is 1. The van der Waals surface area contributed by atoms with Crippen molar-refractivity contribution in [3.05, 3.63) is 69.6 Å². The third kappa shape index (κ3) is 4.20. The number of halogens is 7. The normalized spacial score (nSPS) is 19.0. The number of pyridine rings is 1. The molecule has 33 heavy (non-hydrogen) atoms. The van der Waals surface area contributed by atoms with Gasteiger partial charge in [0.15, 0.2) is 0 Å². The second-order valence-electron chi connectivity index (χ2n) is 7.40. The quantitative estimate of drug-likeness (QED) is 0.594. The van der Waals surface area contributed by atoms with E-state index < -0.39 is 40.6 Å². The van der Waals surface area contributed by atoms with Crippen molar-refractivity contribution in [3.63, 3.8) is 0 Å². The number of hydrogen-bond donors (Lipinski definition) is 2. The van der Waals surface area contributed by atoms with Gasteiger partial charge in [-0.15, -0.1) is 5.53 Å². The van der Waals surface area contributed by atoms with Crippen molar-refractivity contribution < 1.29 is 31.1 Å². The third-order valence-corrected chi connectivity index (χ3v) is 5.81. The van der Waals surface area contributed by atoms with Crippen LogP contribution in [0.25, 0.3) is 0 Å². The average molecular weight is 492 g/mol. The number of carbonyl (C=O) groups excluding carboxylic acids is 1. The van der Waals surface area contributed by atoms with Gasteiger partial charge in [-0.2, -0.15) is 26.3 Å². The van der Waals surface area contributed by atoms with Crippen molar-refractivity contribution in [1.82, 2.24) is 20.8 Å². The number of amides is 1. The molecule has 1 amide bonds. The minimum Gasteiger partial charge on any atom is -0.330 e. The Labute approximate surface area is 188 Å². The first kappa shape index (κ1) is 23.2. The van der Waals surface area contributed by atoms with Gasteiger partial charge in [-0.05, 0) is 31.2 Å². The summed E-state index contributed by atoms with van der Waals surface area (Å²) in [7, 11) is 0. The smallest absolute Gasteiger partial charge is 0.330 e. The molecule has 0 bridgehead atoms. The van der Waals surface area contributed by atoms with Crippen molar-refractivity contribution in [3.8, 4) is 0 Å². The van der Waals surface area contributed by atoms with Gasteiger partial charge in [-0.1, -0.05) is 23.7 Å². The number of anilines is 1. The Kier molecular flexibility index (Phi) is 5.69. The predicted octanol–water partition coefficient (Wildman–Crippen LogP) is 4.75. The summed E-state index contributed by atoms with van der Waals surface area (Å²) in [6, 6.07) is 5.96. The van der Waals surface area contributed by atoms with Gasteiger partial charge in [0.25, 0.3) is 5.91 Å². The third-order valence-electron chi connectivity index (χ3n) is 5.41. The molecule has 13 heteroatoms. The van der Waals surface area contributed by atoms with E-state index >= 15 is 0 Å². The number of nitrogens with one attached hydrogen (secondary N) is 2. The fourth-order valence-electron chi connectivity index (χ4n) is 3.79. The molecule has 0 saturated heterocycles. The predicted molar refractivity (Wildman–Crippen MR) is 107 cm³/mol. The Hall–Kier alpha value is -2.99. The number of carbonyl (C=O) groups is 1. The molecule has 1 unspecified atom stereocenters. The number of alkyl halides is 6. The Morgan fingerprint density at radius 1 is 1.09 bits per heavy atom. The average Bonchev–Trinajstić information content (AvgIpc) is 3.17. The highest BCUT2D eigenvalue weighted by atomic mass is 35.5. The Bertz CT molecular complexity index is 1130. The molecule has 0 spiro atoms. The molecular formula is C20H16ClF6N5O. The number of nitrogens with zero attached hydrogens (tertiary/aromatic N) is 3. The second kappa shape index (κ2) is 8.10. The van der Waals surface area contributed by atoms with Gasteiger partial charge in [0.1, 0.15) is 11.5 Å². The van der Waals surface area contributed by atoms with Gasteiger partial charge < -0.3 is 10.3 Å². The maximum absolute atomic E-state index is 13.2. The van der Waals surface area contributed by atoms with Crippen LogP contribution >= 0.6 is 11.6 Å². The molecule has 0 fully saturated rings. The first-order chi connectivity index (χ1) is 15.4. The molecule has 2 aromatic rings. The lowest BCUT2D eigenvalue weighted by Crippen LogP contribution is -2.46. The Morgan fingerprint density at radius 3 is 2.45 bits per heavy atom. The van der Waals surface area contributed by atoms with E-state index in [2.05, 4.69) is 15.9 Å². The largest absolute Gasteiger partial charge is 0.433 e. The first-order valence-corrected chi connectivity index (χ1v) is 10.0. The van der Waals surface area contributed by atoms with Gasteiger partial charge in [0, 0.05) is 13.0 Å². The van der Waals surface area contributed by atoms with E-state index in [0.29, 0.717) is 11.4 Å². The zero-order valence-electron chi connectivity index (χ0n) is 16.9. The molecule has 1 aromatic heterocycles. The summed E-state index contributed by atoms with van der Waals surface area (Å²) in [6.45, 7) is 1.75. The van der Waals surface area contributed by atoms with Crippen LogP contribution < -0.4 is 16.0 Å². The zero-order chi connectivity index (χ0) is 24.1. The molecule has 0 aliphatic carbocycles. The maximum Gasteiger partial charge on any atom is 0.433 e. The van der Waals surface area contributed by atoms with Crippen molar-refractivity contribution in [2.75, 3.05) is 11.6 Å². The van der Waals surface area contributed by atoms with Gasteiger partial charge in [-0.3, -0.25) is 4.79 Å². The fraction of sp³-hybridized carbons (Fsp3) is 0.300. The van der Waals surface area contributed by atoms with Crippen LogP contribution in [0.5, 0.6) is 0 Å². The van der Waals surface area contributed by atoms with E-state index in [9.17, 15) is 31.1 Å². The highest BCUT2D eigenvalue weighted by Crippen LogP contribution is 2.38.